The Morgan fingerprint density at radius 1 is 0.676 bits per heavy atom. The van der Waals surface area contributed by atoms with Crippen molar-refractivity contribution >= 4 is 5.91 Å². The van der Waals surface area contributed by atoms with Crippen molar-refractivity contribution in [3.8, 4) is 0 Å². The molecule has 3 aromatic rings. The van der Waals surface area contributed by atoms with Crippen LogP contribution < -0.4 is 5.32 Å². The lowest BCUT2D eigenvalue weighted by Gasteiger charge is -2.41. The van der Waals surface area contributed by atoms with Gasteiger partial charge < -0.3 is 24.3 Å². The summed E-state index contributed by atoms with van der Waals surface area (Å²) in [5, 5.41) is 3.02. The van der Waals surface area contributed by atoms with Crippen LogP contribution in [0.4, 0.5) is 0 Å². The lowest BCUT2D eigenvalue weighted by Crippen LogP contribution is -2.65. The number of ether oxygens (including phenoxy) is 4. The van der Waals surface area contributed by atoms with Crippen LogP contribution in [0.3, 0.4) is 0 Å². The minimum Gasteiger partial charge on any atom is -0.376 e. The first-order valence-corrected chi connectivity index (χ1v) is 11.5. The predicted octanol–water partition coefficient (Wildman–Crippen LogP) is 3.89. The molecule has 1 heterocycles. The molecule has 1 saturated heterocycles. The number of hydrogen-bond donors (Lipinski definition) is 1. The number of rotatable bonds is 11. The number of methoxy groups -OCH3 is 1. The van der Waals surface area contributed by atoms with Crippen molar-refractivity contribution in [1.29, 1.82) is 0 Å². The van der Waals surface area contributed by atoms with Gasteiger partial charge in [-0.1, -0.05) is 91.0 Å². The topological polar surface area (TPSA) is 66.0 Å². The van der Waals surface area contributed by atoms with E-state index in [0.717, 1.165) is 16.7 Å². The molecule has 0 aliphatic carbocycles. The van der Waals surface area contributed by atoms with Gasteiger partial charge in [-0.05, 0) is 16.7 Å². The summed E-state index contributed by atoms with van der Waals surface area (Å²) in [6.07, 6.45) is -1.83. The number of carbonyl (C=O) groups is 1. The van der Waals surface area contributed by atoms with Gasteiger partial charge in [-0.15, -0.1) is 0 Å². The Kier molecular flexibility index (Phi) is 8.82. The molecule has 1 amide bonds. The number of hydrogen-bond acceptors (Lipinski definition) is 5. The van der Waals surface area contributed by atoms with Crippen molar-refractivity contribution in [3.05, 3.63) is 108 Å². The number of benzene rings is 3. The molecular weight excluding hydrogens is 430 g/mol. The largest absolute Gasteiger partial charge is 0.376 e. The van der Waals surface area contributed by atoms with E-state index in [1.165, 1.54) is 0 Å². The van der Waals surface area contributed by atoms with Crippen molar-refractivity contribution in [2.75, 3.05) is 13.7 Å². The summed E-state index contributed by atoms with van der Waals surface area (Å²) in [6, 6.07) is 29.2. The normalized spacial score (nSPS) is 22.3. The second-order valence-corrected chi connectivity index (χ2v) is 8.29. The number of piperidine rings is 1. The van der Waals surface area contributed by atoms with Gasteiger partial charge in [0.05, 0.1) is 32.5 Å². The van der Waals surface area contributed by atoms with E-state index in [1.807, 2.05) is 91.0 Å². The Bertz CT molecular complexity index is 999. The van der Waals surface area contributed by atoms with Crippen molar-refractivity contribution < 1.29 is 23.7 Å². The highest BCUT2D eigenvalue weighted by molar-refractivity contribution is 5.83. The molecule has 0 unspecified atom stereocenters. The van der Waals surface area contributed by atoms with Gasteiger partial charge >= 0.3 is 0 Å². The summed E-state index contributed by atoms with van der Waals surface area (Å²) in [5.74, 6) is -0.226. The SMILES string of the molecule is CO[C@H]1[C@H](OCc2ccccc2)[C@@H](OCc2ccccc2)C(=O)N[C@@H]1COCc1ccccc1. The lowest BCUT2D eigenvalue weighted by atomic mass is 9.95. The second kappa shape index (κ2) is 12.4. The lowest BCUT2D eigenvalue weighted by molar-refractivity contribution is -0.184. The molecule has 34 heavy (non-hydrogen) atoms. The Balaban J connectivity index is 1.45. The van der Waals surface area contributed by atoms with Crippen molar-refractivity contribution in [1.82, 2.24) is 5.32 Å². The van der Waals surface area contributed by atoms with Gasteiger partial charge in [0, 0.05) is 7.11 Å². The third kappa shape index (κ3) is 6.52. The van der Waals surface area contributed by atoms with Crippen LogP contribution in [0, 0.1) is 0 Å². The highest BCUT2D eigenvalue weighted by atomic mass is 16.6. The summed E-state index contributed by atoms with van der Waals surface area (Å²) in [6.45, 7) is 1.40. The van der Waals surface area contributed by atoms with Crippen LogP contribution in [0.5, 0.6) is 0 Å². The van der Waals surface area contributed by atoms with E-state index in [1.54, 1.807) is 7.11 Å². The van der Waals surface area contributed by atoms with E-state index in [9.17, 15) is 4.79 Å². The Morgan fingerprint density at radius 3 is 1.71 bits per heavy atom. The Hall–Kier alpha value is -3.03. The van der Waals surface area contributed by atoms with Gasteiger partial charge in [0.15, 0.2) is 6.10 Å². The minimum atomic E-state index is -0.806. The van der Waals surface area contributed by atoms with Crippen LogP contribution in [-0.2, 0) is 43.6 Å². The average Bonchev–Trinajstić information content (AvgIpc) is 2.88. The fourth-order valence-electron chi connectivity index (χ4n) is 4.09. The summed E-state index contributed by atoms with van der Waals surface area (Å²) in [7, 11) is 1.62. The van der Waals surface area contributed by atoms with E-state index < -0.39 is 18.3 Å². The molecule has 6 heteroatoms. The molecule has 6 nitrogen and oxygen atoms in total. The first-order valence-electron chi connectivity index (χ1n) is 11.5. The van der Waals surface area contributed by atoms with E-state index >= 15 is 0 Å². The van der Waals surface area contributed by atoms with Crippen molar-refractivity contribution in [2.24, 2.45) is 0 Å². The summed E-state index contributed by atoms with van der Waals surface area (Å²) >= 11 is 0. The molecule has 1 fully saturated rings. The predicted molar refractivity (Wildman–Crippen MR) is 129 cm³/mol. The molecule has 0 saturated carbocycles. The molecule has 0 bridgehead atoms. The molecule has 1 aliphatic rings. The smallest absolute Gasteiger partial charge is 0.252 e. The molecule has 1 N–H and O–H groups in total. The van der Waals surface area contributed by atoms with E-state index in [-0.39, 0.29) is 11.9 Å². The van der Waals surface area contributed by atoms with Gasteiger partial charge in [0.25, 0.3) is 5.91 Å². The van der Waals surface area contributed by atoms with E-state index in [2.05, 4.69) is 5.32 Å². The molecule has 0 radical (unpaired) electrons. The molecule has 0 spiro atoms. The molecule has 1 aliphatic heterocycles. The average molecular weight is 462 g/mol. The fourth-order valence-corrected chi connectivity index (χ4v) is 4.09. The van der Waals surface area contributed by atoms with Crippen LogP contribution in [0.25, 0.3) is 0 Å². The van der Waals surface area contributed by atoms with Crippen LogP contribution in [0.2, 0.25) is 0 Å². The second-order valence-electron chi connectivity index (χ2n) is 8.29. The molecule has 4 atom stereocenters. The molecule has 178 valence electrons. The van der Waals surface area contributed by atoms with Gasteiger partial charge in [0.1, 0.15) is 12.2 Å². The zero-order valence-corrected chi connectivity index (χ0v) is 19.3. The Labute approximate surface area is 200 Å². The molecule has 0 aromatic heterocycles. The maximum atomic E-state index is 13.1. The maximum absolute atomic E-state index is 13.1. The third-order valence-electron chi connectivity index (χ3n) is 5.84. The van der Waals surface area contributed by atoms with Crippen molar-refractivity contribution in [2.45, 2.75) is 44.2 Å². The maximum Gasteiger partial charge on any atom is 0.252 e. The highest BCUT2D eigenvalue weighted by Gasteiger charge is 2.46. The highest BCUT2D eigenvalue weighted by Crippen LogP contribution is 2.23. The zero-order valence-electron chi connectivity index (χ0n) is 19.3. The van der Waals surface area contributed by atoms with Gasteiger partial charge in [-0.25, -0.2) is 0 Å². The summed E-state index contributed by atoms with van der Waals surface area (Å²) in [4.78, 5) is 13.1. The van der Waals surface area contributed by atoms with Crippen molar-refractivity contribution in [3.63, 3.8) is 0 Å². The quantitative estimate of drug-likeness (QED) is 0.469. The number of carbonyl (C=O) groups excluding carboxylic acids is 1. The number of nitrogens with one attached hydrogen (secondary N) is 1. The molecule has 3 aromatic carbocycles. The Morgan fingerprint density at radius 2 is 1.18 bits per heavy atom. The zero-order chi connectivity index (χ0) is 23.6. The number of amides is 1. The van der Waals surface area contributed by atoms with Gasteiger partial charge in [-0.3, -0.25) is 4.79 Å². The van der Waals surface area contributed by atoms with Crippen LogP contribution >= 0.6 is 0 Å². The summed E-state index contributed by atoms with van der Waals surface area (Å²) < 4.78 is 24.1. The molecule has 4 rings (SSSR count). The monoisotopic (exact) mass is 461 g/mol. The standard InChI is InChI=1S/C28H31NO5/c1-31-25-24(20-32-17-21-11-5-2-6-12-21)29-28(30)27(34-19-23-15-9-4-10-16-23)26(25)33-18-22-13-7-3-8-14-22/h2-16,24-27H,17-20H2,1H3,(H,29,30)/t24-,25-,26+,27-/m1/s1. The molecular formula is C28H31NO5. The van der Waals surface area contributed by atoms with Gasteiger partial charge in [0.2, 0.25) is 0 Å². The first kappa shape index (κ1) is 24.1. The minimum absolute atomic E-state index is 0.226. The van der Waals surface area contributed by atoms with Crippen LogP contribution in [-0.4, -0.2) is 44.0 Å². The van der Waals surface area contributed by atoms with Gasteiger partial charge in [-0.2, -0.15) is 0 Å². The fraction of sp³-hybridized carbons (Fsp3) is 0.321. The summed E-state index contributed by atoms with van der Waals surface area (Å²) in [5.41, 5.74) is 3.07. The van der Waals surface area contributed by atoms with Crippen LogP contribution in [0.1, 0.15) is 16.7 Å². The van der Waals surface area contributed by atoms with E-state index in [0.29, 0.717) is 26.4 Å². The first-order chi connectivity index (χ1) is 16.7. The van der Waals surface area contributed by atoms with Crippen LogP contribution in [0.15, 0.2) is 91.0 Å². The van der Waals surface area contributed by atoms with E-state index in [4.69, 9.17) is 18.9 Å². The third-order valence-corrected chi connectivity index (χ3v) is 5.84.